The van der Waals surface area contributed by atoms with Crippen molar-refractivity contribution in [2.24, 2.45) is 16.6 Å². The average molecular weight is 649 g/mol. The molecule has 1 fully saturated rings. The summed E-state index contributed by atoms with van der Waals surface area (Å²) in [5.74, 6) is -1.38. The molecule has 8 nitrogen and oxygen atoms in total. The number of aliphatic imine (C=N–C) groups is 1. The monoisotopic (exact) mass is 648 g/mol. The number of sulfonamides is 1. The molecule has 4 rings (SSSR count). The van der Waals surface area contributed by atoms with Crippen molar-refractivity contribution in [1.29, 1.82) is 0 Å². The molecule has 3 aromatic rings. The number of halogens is 4. The van der Waals surface area contributed by atoms with Crippen LogP contribution < -0.4 is 11.1 Å². The smallest absolute Gasteiger partial charge is 0.245 e. The summed E-state index contributed by atoms with van der Waals surface area (Å²) in [5.41, 5.74) is 7.30. The molecule has 1 unspecified atom stereocenters. The Morgan fingerprint density at radius 2 is 2.17 bits per heavy atom. The first-order chi connectivity index (χ1) is 17.2. The van der Waals surface area contributed by atoms with Crippen molar-refractivity contribution in [2.75, 3.05) is 24.1 Å². The minimum Gasteiger partial charge on any atom is -0.383 e. The number of allylic oxidation sites excluding steroid dienone is 1. The summed E-state index contributed by atoms with van der Waals surface area (Å²) in [6.07, 6.45) is 4.45. The highest BCUT2D eigenvalue weighted by molar-refractivity contribution is 14.1. The standard InChI is InChI=1S/C23H24ClF2IN6O2S/c24-15-8-16-17(12-31-22(16)30-11-15)21(28)32-23(19(26)9-27)29-10-14-4-3-7-33(13-14)36(34,35)20-6-2-1-5-18(20)25/h1-2,5-6,8,11-12,14,29H,3-4,7,9-10,13H2,(H2,28,32)(H,30,31)/b23-19+. The van der Waals surface area contributed by atoms with Crippen LogP contribution in [-0.4, -0.2) is 52.6 Å². The van der Waals surface area contributed by atoms with E-state index >= 15 is 0 Å². The molecule has 2 aromatic heterocycles. The zero-order chi connectivity index (χ0) is 25.9. The number of nitrogens with two attached hydrogens (primary N) is 1. The van der Waals surface area contributed by atoms with Crippen molar-refractivity contribution in [3.8, 4) is 0 Å². The fourth-order valence-corrected chi connectivity index (χ4v) is 6.21. The third-order valence-corrected chi connectivity index (χ3v) is 8.65. The Kier molecular flexibility index (Phi) is 8.48. The van der Waals surface area contributed by atoms with Gasteiger partial charge in [0.05, 0.1) is 9.45 Å². The lowest BCUT2D eigenvalue weighted by Crippen LogP contribution is -2.43. The second-order valence-electron chi connectivity index (χ2n) is 8.32. The second kappa shape index (κ2) is 11.4. The number of H-pyrrole nitrogens is 1. The number of hydrogen-bond donors (Lipinski definition) is 3. The summed E-state index contributed by atoms with van der Waals surface area (Å²) >= 11 is 7.94. The summed E-state index contributed by atoms with van der Waals surface area (Å²) in [5, 5.41) is 4.08. The maximum absolute atomic E-state index is 14.7. The molecule has 0 saturated carbocycles. The number of fused-ring (bicyclic) bond motifs is 1. The lowest BCUT2D eigenvalue weighted by molar-refractivity contribution is 0.262. The second-order valence-corrected chi connectivity index (χ2v) is 11.4. The van der Waals surface area contributed by atoms with Crippen LogP contribution in [0.2, 0.25) is 5.02 Å². The lowest BCUT2D eigenvalue weighted by Gasteiger charge is -2.32. The Balaban J connectivity index is 1.50. The molecule has 36 heavy (non-hydrogen) atoms. The zero-order valence-electron chi connectivity index (χ0n) is 19.0. The molecule has 3 heterocycles. The molecule has 0 radical (unpaired) electrons. The average Bonchev–Trinajstić information content (AvgIpc) is 3.29. The summed E-state index contributed by atoms with van der Waals surface area (Å²) in [4.78, 5) is 11.1. The molecule has 0 amide bonds. The Hall–Kier alpha value is -2.29. The van der Waals surface area contributed by atoms with E-state index in [1.165, 1.54) is 28.7 Å². The number of aromatic nitrogens is 2. The zero-order valence-corrected chi connectivity index (χ0v) is 22.7. The molecule has 13 heteroatoms. The predicted molar refractivity (Wildman–Crippen MR) is 145 cm³/mol. The van der Waals surface area contributed by atoms with E-state index in [0.29, 0.717) is 34.6 Å². The number of pyridine rings is 1. The summed E-state index contributed by atoms with van der Waals surface area (Å²) in [6, 6.07) is 7.01. The first-order valence-electron chi connectivity index (χ1n) is 11.1. The van der Waals surface area contributed by atoms with E-state index in [9.17, 15) is 17.2 Å². The van der Waals surface area contributed by atoms with E-state index < -0.39 is 21.7 Å². The van der Waals surface area contributed by atoms with Crippen LogP contribution in [0, 0.1) is 11.7 Å². The third kappa shape index (κ3) is 5.82. The van der Waals surface area contributed by atoms with Crippen molar-refractivity contribution < 1.29 is 17.2 Å². The largest absolute Gasteiger partial charge is 0.383 e. The van der Waals surface area contributed by atoms with Crippen molar-refractivity contribution in [3.05, 3.63) is 70.8 Å². The van der Waals surface area contributed by atoms with Crippen molar-refractivity contribution >= 4 is 61.1 Å². The number of piperidine rings is 1. The topological polar surface area (TPSA) is 116 Å². The van der Waals surface area contributed by atoms with E-state index in [1.54, 1.807) is 12.3 Å². The van der Waals surface area contributed by atoms with Gasteiger partial charge in [0.15, 0.2) is 11.6 Å². The van der Waals surface area contributed by atoms with Gasteiger partial charge in [0.1, 0.15) is 22.2 Å². The summed E-state index contributed by atoms with van der Waals surface area (Å²) in [6.45, 7) is 0.732. The number of benzene rings is 1. The first-order valence-corrected chi connectivity index (χ1v) is 14.5. The fourth-order valence-electron chi connectivity index (χ4n) is 4.08. The van der Waals surface area contributed by atoms with Gasteiger partial charge in [-0.15, -0.1) is 0 Å². The maximum atomic E-state index is 14.7. The van der Waals surface area contributed by atoms with Crippen molar-refractivity contribution in [1.82, 2.24) is 19.6 Å². The molecule has 0 aliphatic carbocycles. The molecule has 1 aliphatic heterocycles. The molecule has 4 N–H and O–H groups in total. The number of aromatic amines is 1. The van der Waals surface area contributed by atoms with Crippen LogP contribution >= 0.6 is 34.2 Å². The SMILES string of the molecule is N/C(=N\C(NCC1CCCN(S(=O)(=O)c2ccccc2F)C1)=C(\F)CI)c1c[nH]c2ncc(Cl)cc12. The highest BCUT2D eigenvalue weighted by Crippen LogP contribution is 2.26. The Morgan fingerprint density at radius 1 is 1.39 bits per heavy atom. The maximum Gasteiger partial charge on any atom is 0.245 e. The van der Waals surface area contributed by atoms with Gasteiger partial charge in [-0.2, -0.15) is 4.31 Å². The molecule has 1 aliphatic rings. The molecular weight excluding hydrogens is 625 g/mol. The van der Waals surface area contributed by atoms with Gasteiger partial charge in [-0.25, -0.2) is 27.2 Å². The molecule has 1 aromatic carbocycles. The highest BCUT2D eigenvalue weighted by atomic mass is 127. The van der Waals surface area contributed by atoms with Crippen LogP contribution in [0.15, 0.2) is 64.3 Å². The highest BCUT2D eigenvalue weighted by Gasteiger charge is 2.32. The van der Waals surface area contributed by atoms with Crippen molar-refractivity contribution in [2.45, 2.75) is 17.7 Å². The van der Waals surface area contributed by atoms with Crippen LogP contribution in [-0.2, 0) is 10.0 Å². The van der Waals surface area contributed by atoms with Gasteiger partial charge in [0, 0.05) is 43.0 Å². The number of hydrogen-bond acceptors (Lipinski definition) is 5. The Bertz CT molecular complexity index is 1430. The van der Waals surface area contributed by atoms with Gasteiger partial charge in [0.2, 0.25) is 10.0 Å². The fraction of sp³-hybridized carbons (Fsp3) is 0.304. The van der Waals surface area contributed by atoms with Gasteiger partial charge in [-0.1, -0.05) is 46.3 Å². The molecule has 1 saturated heterocycles. The van der Waals surface area contributed by atoms with Gasteiger partial charge < -0.3 is 16.0 Å². The number of nitrogens with zero attached hydrogens (tertiary/aromatic N) is 3. The third-order valence-electron chi connectivity index (χ3n) is 5.87. The predicted octanol–water partition coefficient (Wildman–Crippen LogP) is 4.32. The Morgan fingerprint density at radius 3 is 2.92 bits per heavy atom. The van der Waals surface area contributed by atoms with Gasteiger partial charge in [-0.3, -0.25) is 0 Å². The normalized spacial score (nSPS) is 18.3. The molecular formula is C23H24ClF2IN6O2S. The minimum absolute atomic E-state index is 0.0275. The van der Waals surface area contributed by atoms with E-state index in [2.05, 4.69) is 20.3 Å². The number of amidine groups is 1. The molecule has 0 bridgehead atoms. The van der Waals surface area contributed by atoms with Crippen LogP contribution in [0.3, 0.4) is 0 Å². The van der Waals surface area contributed by atoms with Crippen LogP contribution in [0.4, 0.5) is 8.78 Å². The Labute approximate surface area is 226 Å². The van der Waals surface area contributed by atoms with Crippen LogP contribution in [0.5, 0.6) is 0 Å². The summed E-state index contributed by atoms with van der Waals surface area (Å²) in [7, 11) is -3.98. The van der Waals surface area contributed by atoms with E-state index in [4.69, 9.17) is 17.3 Å². The lowest BCUT2D eigenvalue weighted by atomic mass is 10.00. The van der Waals surface area contributed by atoms with E-state index in [-0.39, 0.29) is 40.0 Å². The minimum atomic E-state index is -3.98. The first kappa shape index (κ1) is 26.8. The summed E-state index contributed by atoms with van der Waals surface area (Å²) < 4.78 is 56.2. The van der Waals surface area contributed by atoms with Gasteiger partial charge >= 0.3 is 0 Å². The molecule has 1 atom stereocenters. The number of alkyl halides is 1. The van der Waals surface area contributed by atoms with Crippen LogP contribution in [0.25, 0.3) is 11.0 Å². The molecule has 192 valence electrons. The van der Waals surface area contributed by atoms with Crippen LogP contribution in [0.1, 0.15) is 18.4 Å². The van der Waals surface area contributed by atoms with E-state index in [1.807, 2.05) is 22.6 Å². The number of nitrogens with one attached hydrogen (secondary N) is 2. The van der Waals surface area contributed by atoms with Gasteiger partial charge in [0.25, 0.3) is 0 Å². The quantitative estimate of drug-likeness (QED) is 0.146. The van der Waals surface area contributed by atoms with Gasteiger partial charge in [-0.05, 0) is 37.0 Å². The van der Waals surface area contributed by atoms with Crippen molar-refractivity contribution in [3.63, 3.8) is 0 Å². The van der Waals surface area contributed by atoms with E-state index in [0.717, 1.165) is 12.5 Å². The molecule has 0 spiro atoms. The number of rotatable bonds is 8.